The zero-order valence-electron chi connectivity index (χ0n) is 15.2. The van der Waals surface area contributed by atoms with Gasteiger partial charge in [0.15, 0.2) is 11.5 Å². The number of methoxy groups -OCH3 is 1. The molecule has 7 heteroatoms. The molecule has 0 unspecified atom stereocenters. The molecule has 1 aliphatic rings. The molecule has 0 amide bonds. The van der Waals surface area contributed by atoms with Crippen molar-refractivity contribution in [2.24, 2.45) is 4.99 Å². The predicted molar refractivity (Wildman–Crippen MR) is 122 cm³/mol. The van der Waals surface area contributed by atoms with Crippen molar-refractivity contribution in [2.75, 3.05) is 12.9 Å². The van der Waals surface area contributed by atoms with E-state index in [0.717, 1.165) is 37.5 Å². The van der Waals surface area contributed by atoms with Crippen LogP contribution in [-0.2, 0) is 11.4 Å². The number of halogens is 1. The smallest absolute Gasteiger partial charge is 0.244 e. The average Bonchev–Trinajstić information content (AvgIpc) is 3.05. The summed E-state index contributed by atoms with van der Waals surface area (Å²) in [7, 11) is 1.59. The molecular formula is C21H18BrNO3S2. The Labute approximate surface area is 181 Å². The summed E-state index contributed by atoms with van der Waals surface area (Å²) < 4.78 is 12.9. The third-order valence-corrected chi connectivity index (χ3v) is 6.30. The van der Waals surface area contributed by atoms with Crippen LogP contribution in [-0.4, -0.2) is 22.4 Å². The Morgan fingerprint density at radius 2 is 2.07 bits per heavy atom. The molecule has 3 rings (SSSR count). The Hall–Kier alpha value is -1.96. The van der Waals surface area contributed by atoms with E-state index in [1.807, 2.05) is 42.5 Å². The normalized spacial score (nSPS) is 14.9. The second kappa shape index (κ2) is 10.0. The zero-order chi connectivity index (χ0) is 19.9. The van der Waals surface area contributed by atoms with Gasteiger partial charge >= 0.3 is 0 Å². The fourth-order valence-corrected chi connectivity index (χ4v) is 4.61. The van der Waals surface area contributed by atoms with Crippen LogP contribution in [0.3, 0.4) is 0 Å². The average molecular weight is 476 g/mol. The summed E-state index contributed by atoms with van der Waals surface area (Å²) in [6.45, 7) is 4.11. The Balaban J connectivity index is 1.82. The van der Waals surface area contributed by atoms with Gasteiger partial charge in [0, 0.05) is 5.75 Å². The number of benzene rings is 2. The number of nitrogens with zero attached hydrogens (tertiary/aromatic N) is 1. The maximum Gasteiger partial charge on any atom is 0.244 e. The number of thioether (sulfide) groups is 2. The fourth-order valence-electron chi connectivity index (χ4n) is 2.43. The van der Waals surface area contributed by atoms with Crippen molar-refractivity contribution < 1.29 is 14.3 Å². The summed E-state index contributed by atoms with van der Waals surface area (Å²) in [4.78, 5) is 16.6. The highest BCUT2D eigenvalue weighted by Gasteiger charge is 2.22. The van der Waals surface area contributed by atoms with Crippen LogP contribution in [0.2, 0.25) is 0 Å². The molecule has 0 N–H and O–H groups in total. The third-order valence-electron chi connectivity index (χ3n) is 3.71. The van der Waals surface area contributed by atoms with Gasteiger partial charge < -0.3 is 9.47 Å². The highest BCUT2D eigenvalue weighted by atomic mass is 79.9. The van der Waals surface area contributed by atoms with E-state index in [-0.39, 0.29) is 5.12 Å². The monoisotopic (exact) mass is 475 g/mol. The fraction of sp³-hybridized carbons (Fsp3) is 0.143. The molecular weight excluding hydrogens is 458 g/mol. The lowest BCUT2D eigenvalue weighted by atomic mass is 10.1. The van der Waals surface area contributed by atoms with Crippen LogP contribution in [0.4, 0.5) is 0 Å². The molecule has 0 spiro atoms. The lowest BCUT2D eigenvalue weighted by Gasteiger charge is -2.13. The van der Waals surface area contributed by atoms with Crippen molar-refractivity contribution in [2.45, 2.75) is 6.61 Å². The first kappa shape index (κ1) is 20.8. The quantitative estimate of drug-likeness (QED) is 0.367. The van der Waals surface area contributed by atoms with Gasteiger partial charge in [0.05, 0.1) is 11.6 Å². The molecule has 2 aromatic carbocycles. The summed E-state index contributed by atoms with van der Waals surface area (Å²) in [5, 5.41) is -0.0638. The third kappa shape index (κ3) is 5.31. The second-order valence-corrected chi connectivity index (χ2v) is 8.79. The number of hydrogen-bond donors (Lipinski definition) is 0. The summed E-state index contributed by atoms with van der Waals surface area (Å²) in [6.07, 6.45) is 3.54. The van der Waals surface area contributed by atoms with Gasteiger partial charge in [-0.15, -0.1) is 6.58 Å². The van der Waals surface area contributed by atoms with Crippen LogP contribution < -0.4 is 9.47 Å². The van der Waals surface area contributed by atoms with Gasteiger partial charge in [0.2, 0.25) is 5.12 Å². The molecule has 0 bridgehead atoms. The van der Waals surface area contributed by atoms with Crippen molar-refractivity contribution in [3.05, 3.63) is 76.4 Å². The van der Waals surface area contributed by atoms with Gasteiger partial charge in [-0.25, -0.2) is 4.99 Å². The first-order valence-electron chi connectivity index (χ1n) is 8.41. The number of hydrogen-bond acceptors (Lipinski definition) is 6. The number of carbonyl (C=O) groups is 1. The Bertz CT molecular complexity index is 942. The maximum atomic E-state index is 12.2. The first-order chi connectivity index (χ1) is 13.6. The SMILES string of the molecule is C=CCSC1=NC(=Cc2cc(Br)c(OCc3ccccc3)c(OC)c2)C(=O)S1. The summed E-state index contributed by atoms with van der Waals surface area (Å²) in [6, 6.07) is 13.6. The van der Waals surface area contributed by atoms with Crippen LogP contribution in [0.15, 0.2) is 70.3 Å². The maximum absolute atomic E-state index is 12.2. The van der Waals surface area contributed by atoms with Gasteiger partial charge in [0.1, 0.15) is 16.7 Å². The van der Waals surface area contributed by atoms with Gasteiger partial charge in [-0.05, 0) is 57.0 Å². The zero-order valence-corrected chi connectivity index (χ0v) is 18.4. The van der Waals surface area contributed by atoms with Crippen LogP contribution in [0.5, 0.6) is 11.5 Å². The Morgan fingerprint density at radius 3 is 2.79 bits per heavy atom. The Kier molecular flexibility index (Phi) is 7.42. The van der Waals surface area contributed by atoms with E-state index in [4.69, 9.17) is 9.47 Å². The summed E-state index contributed by atoms with van der Waals surface area (Å²) in [5.41, 5.74) is 2.29. The van der Waals surface area contributed by atoms with Crippen molar-refractivity contribution in [1.82, 2.24) is 0 Å². The minimum Gasteiger partial charge on any atom is -0.493 e. The molecule has 0 radical (unpaired) electrons. The molecule has 4 nitrogen and oxygen atoms in total. The van der Waals surface area contributed by atoms with Crippen molar-refractivity contribution in [1.29, 1.82) is 0 Å². The largest absolute Gasteiger partial charge is 0.493 e. The van der Waals surface area contributed by atoms with Gasteiger partial charge in [0.25, 0.3) is 0 Å². The molecule has 0 atom stereocenters. The number of carbonyl (C=O) groups excluding carboxylic acids is 1. The van der Waals surface area contributed by atoms with E-state index in [1.165, 1.54) is 11.8 Å². The highest BCUT2D eigenvalue weighted by Crippen LogP contribution is 2.38. The number of rotatable bonds is 7. The summed E-state index contributed by atoms with van der Waals surface area (Å²) in [5.74, 6) is 1.92. The highest BCUT2D eigenvalue weighted by molar-refractivity contribution is 9.10. The lowest BCUT2D eigenvalue weighted by Crippen LogP contribution is -1.99. The molecule has 0 saturated carbocycles. The van der Waals surface area contributed by atoms with Crippen molar-refractivity contribution >= 4 is 55.0 Å². The van der Waals surface area contributed by atoms with E-state index in [2.05, 4.69) is 27.5 Å². The number of ether oxygens (including phenoxy) is 2. The van der Waals surface area contributed by atoms with Crippen LogP contribution in [0, 0.1) is 0 Å². The molecule has 0 aliphatic carbocycles. The van der Waals surface area contributed by atoms with Crippen molar-refractivity contribution in [3.63, 3.8) is 0 Å². The first-order valence-corrected chi connectivity index (χ1v) is 11.0. The van der Waals surface area contributed by atoms with Gasteiger partial charge in [-0.3, -0.25) is 4.79 Å². The van der Waals surface area contributed by atoms with E-state index >= 15 is 0 Å². The van der Waals surface area contributed by atoms with E-state index in [1.54, 1.807) is 19.3 Å². The minimum atomic E-state index is -0.0638. The molecule has 1 aliphatic heterocycles. The molecule has 144 valence electrons. The standard InChI is InChI=1S/C21H18BrNO3S2/c1-3-9-27-21-23-17(20(24)28-21)11-15-10-16(22)19(18(12-15)25-2)26-13-14-7-5-4-6-8-14/h3-8,10-12H,1,9,13H2,2H3. The van der Waals surface area contributed by atoms with Crippen LogP contribution in [0.25, 0.3) is 6.08 Å². The number of aliphatic imine (C=N–C) groups is 1. The minimum absolute atomic E-state index is 0.0638. The van der Waals surface area contributed by atoms with E-state index in [0.29, 0.717) is 23.8 Å². The van der Waals surface area contributed by atoms with Gasteiger partial charge in [-0.2, -0.15) is 0 Å². The second-order valence-electron chi connectivity index (χ2n) is 5.70. The molecule has 0 fully saturated rings. The van der Waals surface area contributed by atoms with E-state index in [9.17, 15) is 4.79 Å². The summed E-state index contributed by atoms with van der Waals surface area (Å²) >= 11 is 6.19. The topological polar surface area (TPSA) is 47.9 Å². The predicted octanol–water partition coefficient (Wildman–Crippen LogP) is 5.93. The molecule has 28 heavy (non-hydrogen) atoms. The van der Waals surface area contributed by atoms with Crippen LogP contribution >= 0.6 is 39.5 Å². The molecule has 2 aromatic rings. The lowest BCUT2D eigenvalue weighted by molar-refractivity contribution is -0.107. The van der Waals surface area contributed by atoms with E-state index < -0.39 is 0 Å². The van der Waals surface area contributed by atoms with Gasteiger partial charge in [-0.1, -0.05) is 48.2 Å². The van der Waals surface area contributed by atoms with Crippen LogP contribution in [0.1, 0.15) is 11.1 Å². The molecule has 0 saturated heterocycles. The molecule has 1 heterocycles. The molecule has 0 aromatic heterocycles. The Morgan fingerprint density at radius 1 is 1.29 bits per heavy atom. The van der Waals surface area contributed by atoms with Crippen molar-refractivity contribution in [3.8, 4) is 11.5 Å².